The van der Waals surface area contributed by atoms with Crippen molar-refractivity contribution < 1.29 is 18.0 Å². The van der Waals surface area contributed by atoms with Crippen molar-refractivity contribution in [2.24, 2.45) is 13.0 Å². The molecule has 0 saturated carbocycles. The SMILES string of the molecule is Cc1nn(C)c2ncc(NC(=O)C3CCN(c4ncc(C(F)(F)F)cc4Cl)CC3)cc12. The summed E-state index contributed by atoms with van der Waals surface area (Å²) in [7, 11) is 1.81. The minimum Gasteiger partial charge on any atom is -0.355 e. The molecule has 1 aliphatic rings. The van der Waals surface area contributed by atoms with E-state index in [9.17, 15) is 18.0 Å². The number of pyridine rings is 2. The summed E-state index contributed by atoms with van der Waals surface area (Å²) in [5.41, 5.74) is 1.29. The first-order valence-corrected chi connectivity index (χ1v) is 10.1. The lowest BCUT2D eigenvalue weighted by Crippen LogP contribution is -2.38. The van der Waals surface area contributed by atoms with Gasteiger partial charge in [-0.1, -0.05) is 11.6 Å². The van der Waals surface area contributed by atoms with E-state index >= 15 is 0 Å². The van der Waals surface area contributed by atoms with E-state index in [0.717, 1.165) is 29.0 Å². The van der Waals surface area contributed by atoms with Gasteiger partial charge in [-0.3, -0.25) is 9.48 Å². The van der Waals surface area contributed by atoms with Gasteiger partial charge in [0.25, 0.3) is 0 Å². The normalized spacial score (nSPS) is 15.5. The second-order valence-electron chi connectivity index (χ2n) is 7.58. The van der Waals surface area contributed by atoms with Gasteiger partial charge in [0.05, 0.1) is 28.2 Å². The third-order valence-corrected chi connectivity index (χ3v) is 5.72. The molecule has 1 N–H and O–H groups in total. The highest BCUT2D eigenvalue weighted by atomic mass is 35.5. The Morgan fingerprint density at radius 3 is 2.55 bits per heavy atom. The molecule has 0 radical (unpaired) electrons. The first-order chi connectivity index (χ1) is 14.6. The molecule has 7 nitrogen and oxygen atoms in total. The number of amides is 1. The van der Waals surface area contributed by atoms with Crippen molar-refractivity contribution in [1.29, 1.82) is 0 Å². The van der Waals surface area contributed by atoms with Crippen molar-refractivity contribution in [2.45, 2.75) is 25.9 Å². The number of fused-ring (bicyclic) bond motifs is 1. The summed E-state index contributed by atoms with van der Waals surface area (Å²) in [4.78, 5) is 22.8. The molecule has 0 spiro atoms. The van der Waals surface area contributed by atoms with Crippen molar-refractivity contribution in [3.8, 4) is 0 Å². The number of carbonyl (C=O) groups is 1. The van der Waals surface area contributed by atoms with Crippen molar-refractivity contribution in [3.63, 3.8) is 0 Å². The van der Waals surface area contributed by atoms with Crippen LogP contribution in [-0.4, -0.2) is 38.7 Å². The minimum absolute atomic E-state index is 0.0519. The molecule has 31 heavy (non-hydrogen) atoms. The Kier molecular flexibility index (Phi) is 5.50. The van der Waals surface area contributed by atoms with Crippen LogP contribution in [0.25, 0.3) is 11.0 Å². The lowest BCUT2D eigenvalue weighted by molar-refractivity contribution is -0.137. The molecule has 164 valence electrons. The number of aromatic nitrogens is 4. The predicted octanol–water partition coefficient (Wildman–Crippen LogP) is 4.20. The number of hydrogen-bond acceptors (Lipinski definition) is 5. The number of aryl methyl sites for hydroxylation is 2. The number of piperidine rings is 1. The maximum absolute atomic E-state index is 12.8. The Labute approximate surface area is 181 Å². The van der Waals surface area contributed by atoms with Gasteiger partial charge in [-0.15, -0.1) is 0 Å². The fourth-order valence-corrected chi connectivity index (χ4v) is 4.08. The molecule has 1 fully saturated rings. The molecule has 1 amide bonds. The average molecular weight is 453 g/mol. The summed E-state index contributed by atoms with van der Waals surface area (Å²) in [5, 5.41) is 8.05. The van der Waals surface area contributed by atoms with E-state index in [0.29, 0.717) is 37.4 Å². The molecule has 0 atom stereocenters. The molecule has 0 aromatic carbocycles. The molecule has 11 heteroatoms. The summed E-state index contributed by atoms with van der Waals surface area (Å²) >= 11 is 6.04. The van der Waals surface area contributed by atoms with Gasteiger partial charge in [-0.05, 0) is 31.9 Å². The number of nitrogens with zero attached hydrogens (tertiary/aromatic N) is 5. The number of halogens is 4. The van der Waals surface area contributed by atoms with Crippen LogP contribution in [0.15, 0.2) is 24.5 Å². The predicted molar refractivity (Wildman–Crippen MR) is 111 cm³/mol. The number of rotatable bonds is 3. The fourth-order valence-electron chi connectivity index (χ4n) is 3.79. The van der Waals surface area contributed by atoms with E-state index in [-0.39, 0.29) is 16.8 Å². The van der Waals surface area contributed by atoms with E-state index in [4.69, 9.17) is 11.6 Å². The van der Waals surface area contributed by atoms with Crippen LogP contribution in [0.5, 0.6) is 0 Å². The first-order valence-electron chi connectivity index (χ1n) is 9.71. The smallest absolute Gasteiger partial charge is 0.355 e. The Bertz CT molecular complexity index is 1140. The monoisotopic (exact) mass is 452 g/mol. The molecule has 1 saturated heterocycles. The van der Waals surface area contributed by atoms with Crippen LogP contribution in [0.1, 0.15) is 24.1 Å². The highest BCUT2D eigenvalue weighted by Crippen LogP contribution is 2.34. The largest absolute Gasteiger partial charge is 0.417 e. The van der Waals surface area contributed by atoms with Gasteiger partial charge in [-0.25, -0.2) is 9.97 Å². The van der Waals surface area contributed by atoms with Crippen LogP contribution < -0.4 is 10.2 Å². The molecule has 4 rings (SSSR count). The number of nitrogens with one attached hydrogen (secondary N) is 1. The second kappa shape index (κ2) is 7.99. The zero-order valence-corrected chi connectivity index (χ0v) is 17.6. The average Bonchev–Trinajstić information content (AvgIpc) is 3.00. The third-order valence-electron chi connectivity index (χ3n) is 5.44. The lowest BCUT2D eigenvalue weighted by atomic mass is 9.95. The second-order valence-corrected chi connectivity index (χ2v) is 7.99. The van der Waals surface area contributed by atoms with Gasteiger partial charge in [0.1, 0.15) is 5.82 Å². The molecule has 0 bridgehead atoms. The van der Waals surface area contributed by atoms with Crippen molar-refractivity contribution in [2.75, 3.05) is 23.3 Å². The van der Waals surface area contributed by atoms with Crippen LogP contribution in [0.3, 0.4) is 0 Å². The molecular formula is C20H20ClF3N6O. The standard InChI is InChI=1S/C20H20ClF3N6O/c1-11-15-8-14(10-26-17(15)29(2)28-11)27-19(31)12-3-5-30(6-4-12)18-16(21)7-13(9-25-18)20(22,23)24/h7-10,12H,3-6H2,1-2H3,(H,27,31). The summed E-state index contributed by atoms with van der Waals surface area (Å²) in [6.07, 6.45) is -1.04. The highest BCUT2D eigenvalue weighted by molar-refractivity contribution is 6.33. The van der Waals surface area contributed by atoms with Crippen molar-refractivity contribution in [3.05, 3.63) is 40.8 Å². The summed E-state index contributed by atoms with van der Waals surface area (Å²) in [6.45, 7) is 2.82. The zero-order chi connectivity index (χ0) is 22.3. The van der Waals surface area contributed by atoms with Gasteiger partial charge in [0.15, 0.2) is 5.65 Å². The van der Waals surface area contributed by atoms with Gasteiger partial charge in [0, 0.05) is 37.6 Å². The van der Waals surface area contributed by atoms with Gasteiger partial charge < -0.3 is 10.2 Å². The lowest BCUT2D eigenvalue weighted by Gasteiger charge is -2.32. The molecular weight excluding hydrogens is 433 g/mol. The van der Waals surface area contributed by atoms with E-state index in [1.54, 1.807) is 15.8 Å². The van der Waals surface area contributed by atoms with E-state index < -0.39 is 11.7 Å². The Balaban J connectivity index is 1.40. The number of anilines is 2. The van der Waals surface area contributed by atoms with Crippen LogP contribution in [-0.2, 0) is 18.0 Å². The van der Waals surface area contributed by atoms with Gasteiger partial charge in [-0.2, -0.15) is 18.3 Å². The maximum atomic E-state index is 12.8. The Morgan fingerprint density at radius 1 is 1.19 bits per heavy atom. The summed E-state index contributed by atoms with van der Waals surface area (Å²) in [5.74, 6) is -0.0424. The Hall–Kier alpha value is -2.88. The van der Waals surface area contributed by atoms with Crippen LogP contribution in [0.2, 0.25) is 5.02 Å². The van der Waals surface area contributed by atoms with Gasteiger partial charge in [0.2, 0.25) is 5.91 Å². The topological polar surface area (TPSA) is 75.9 Å². The quantitative estimate of drug-likeness (QED) is 0.644. The van der Waals surface area contributed by atoms with Crippen molar-refractivity contribution >= 4 is 40.0 Å². The summed E-state index contributed by atoms with van der Waals surface area (Å²) < 4.78 is 40.1. The zero-order valence-electron chi connectivity index (χ0n) is 16.9. The van der Waals surface area contributed by atoms with Crippen LogP contribution in [0.4, 0.5) is 24.7 Å². The molecule has 1 aliphatic heterocycles. The molecule has 3 aromatic rings. The molecule has 0 unspecified atom stereocenters. The van der Waals surface area contributed by atoms with Crippen LogP contribution >= 0.6 is 11.6 Å². The van der Waals surface area contributed by atoms with Crippen molar-refractivity contribution in [1.82, 2.24) is 19.7 Å². The fraction of sp³-hybridized carbons (Fsp3) is 0.400. The summed E-state index contributed by atoms with van der Waals surface area (Å²) in [6, 6.07) is 2.73. The number of hydrogen-bond donors (Lipinski definition) is 1. The van der Waals surface area contributed by atoms with E-state index in [2.05, 4.69) is 20.4 Å². The van der Waals surface area contributed by atoms with E-state index in [1.807, 2.05) is 20.0 Å². The third kappa shape index (κ3) is 4.30. The highest BCUT2D eigenvalue weighted by Gasteiger charge is 2.33. The molecule has 0 aliphatic carbocycles. The minimum atomic E-state index is -4.49. The van der Waals surface area contributed by atoms with Crippen LogP contribution in [0, 0.1) is 12.8 Å². The first kappa shape index (κ1) is 21.4. The maximum Gasteiger partial charge on any atom is 0.417 e. The Morgan fingerprint density at radius 2 is 1.90 bits per heavy atom. The molecule has 4 heterocycles. The van der Waals surface area contributed by atoms with Gasteiger partial charge >= 0.3 is 6.18 Å². The molecule has 3 aromatic heterocycles. The van der Waals surface area contributed by atoms with E-state index in [1.165, 1.54) is 0 Å². The number of alkyl halides is 3. The number of carbonyl (C=O) groups excluding carboxylic acids is 1.